The maximum atomic E-state index is 6.07. The van der Waals surface area contributed by atoms with Crippen molar-refractivity contribution in [3.05, 3.63) is 34.3 Å². The van der Waals surface area contributed by atoms with Gasteiger partial charge in [0.25, 0.3) is 0 Å². The lowest BCUT2D eigenvalue weighted by atomic mass is 9.99. The number of nitrogens with one attached hydrogen (secondary N) is 1. The first-order valence-corrected chi connectivity index (χ1v) is 7.06. The van der Waals surface area contributed by atoms with Gasteiger partial charge in [-0.05, 0) is 37.1 Å². The Morgan fingerprint density at radius 1 is 1.24 bits per heavy atom. The summed E-state index contributed by atoms with van der Waals surface area (Å²) in [4.78, 5) is 0. The van der Waals surface area contributed by atoms with Gasteiger partial charge >= 0.3 is 0 Å². The molecular weight excluding hydrogens is 230 g/mol. The molecule has 0 saturated heterocycles. The lowest BCUT2D eigenvalue weighted by molar-refractivity contribution is 0.486. The van der Waals surface area contributed by atoms with Crippen LogP contribution in [-0.4, -0.2) is 6.54 Å². The number of benzene rings is 1. The van der Waals surface area contributed by atoms with Crippen LogP contribution < -0.4 is 5.32 Å². The molecule has 1 atom stereocenters. The first-order valence-electron chi connectivity index (χ1n) is 6.68. The lowest BCUT2D eigenvalue weighted by Crippen LogP contribution is -2.20. The average Bonchev–Trinajstić information content (AvgIpc) is 2.32. The minimum Gasteiger partial charge on any atom is -0.310 e. The Labute approximate surface area is 111 Å². The van der Waals surface area contributed by atoms with Gasteiger partial charge in [0.05, 0.1) is 0 Å². The van der Waals surface area contributed by atoms with Crippen molar-refractivity contribution in [1.29, 1.82) is 0 Å². The van der Waals surface area contributed by atoms with E-state index in [1.807, 2.05) is 6.07 Å². The van der Waals surface area contributed by atoms with Gasteiger partial charge in [0.1, 0.15) is 0 Å². The van der Waals surface area contributed by atoms with E-state index in [9.17, 15) is 0 Å². The van der Waals surface area contributed by atoms with Crippen molar-refractivity contribution in [2.24, 2.45) is 0 Å². The van der Waals surface area contributed by atoms with Crippen LogP contribution in [0, 0.1) is 6.92 Å². The van der Waals surface area contributed by atoms with Gasteiger partial charge in [-0.1, -0.05) is 56.8 Å². The highest BCUT2D eigenvalue weighted by atomic mass is 35.5. The topological polar surface area (TPSA) is 12.0 Å². The van der Waals surface area contributed by atoms with Crippen molar-refractivity contribution in [1.82, 2.24) is 5.32 Å². The molecule has 1 unspecified atom stereocenters. The zero-order valence-electron chi connectivity index (χ0n) is 11.2. The van der Waals surface area contributed by atoms with Crippen molar-refractivity contribution >= 4 is 11.6 Å². The van der Waals surface area contributed by atoms with Crippen LogP contribution in [0.1, 0.15) is 56.7 Å². The molecule has 1 nitrogen and oxygen atoms in total. The van der Waals surface area contributed by atoms with Crippen LogP contribution in [-0.2, 0) is 0 Å². The summed E-state index contributed by atoms with van der Waals surface area (Å²) in [6, 6.07) is 6.84. The molecule has 96 valence electrons. The SMILES string of the molecule is CCCCCC(NCC)c1ccc(Cl)c(C)c1. The van der Waals surface area contributed by atoms with Crippen LogP contribution in [0.25, 0.3) is 0 Å². The Hall–Kier alpha value is -0.530. The fourth-order valence-corrected chi connectivity index (χ4v) is 2.23. The van der Waals surface area contributed by atoms with Gasteiger partial charge in [0.15, 0.2) is 0 Å². The molecule has 0 aliphatic rings. The summed E-state index contributed by atoms with van der Waals surface area (Å²) in [5, 5.41) is 4.42. The quantitative estimate of drug-likeness (QED) is 0.683. The highest BCUT2D eigenvalue weighted by Gasteiger charge is 2.10. The highest BCUT2D eigenvalue weighted by molar-refractivity contribution is 6.31. The second-order valence-electron chi connectivity index (χ2n) is 4.61. The summed E-state index contributed by atoms with van der Waals surface area (Å²) < 4.78 is 0. The first-order chi connectivity index (χ1) is 8.19. The number of aryl methyl sites for hydroxylation is 1. The molecule has 0 amide bonds. The van der Waals surface area contributed by atoms with E-state index in [4.69, 9.17) is 11.6 Å². The van der Waals surface area contributed by atoms with Crippen LogP contribution >= 0.6 is 11.6 Å². The molecule has 0 aliphatic carbocycles. The van der Waals surface area contributed by atoms with E-state index in [2.05, 4.69) is 38.2 Å². The van der Waals surface area contributed by atoms with Gasteiger partial charge < -0.3 is 5.32 Å². The fraction of sp³-hybridized carbons (Fsp3) is 0.600. The van der Waals surface area contributed by atoms with Gasteiger partial charge in [-0.25, -0.2) is 0 Å². The monoisotopic (exact) mass is 253 g/mol. The van der Waals surface area contributed by atoms with E-state index in [0.29, 0.717) is 6.04 Å². The summed E-state index contributed by atoms with van der Waals surface area (Å²) >= 11 is 6.07. The molecule has 0 aromatic heterocycles. The number of hydrogen-bond donors (Lipinski definition) is 1. The molecule has 0 fully saturated rings. The number of unbranched alkanes of at least 4 members (excludes halogenated alkanes) is 2. The van der Waals surface area contributed by atoms with Gasteiger partial charge in [-0.15, -0.1) is 0 Å². The summed E-state index contributed by atoms with van der Waals surface area (Å²) in [7, 11) is 0. The van der Waals surface area contributed by atoms with Crippen LogP contribution in [0.4, 0.5) is 0 Å². The normalized spacial score (nSPS) is 12.7. The predicted octanol–water partition coefficient (Wildman–Crippen LogP) is 4.88. The molecular formula is C15H24ClN. The third-order valence-corrected chi connectivity index (χ3v) is 3.56. The van der Waals surface area contributed by atoms with Crippen LogP contribution in [0.5, 0.6) is 0 Å². The summed E-state index contributed by atoms with van der Waals surface area (Å²) in [6.45, 7) is 7.49. The van der Waals surface area contributed by atoms with Gasteiger partial charge in [0.2, 0.25) is 0 Å². The van der Waals surface area contributed by atoms with Gasteiger partial charge in [0, 0.05) is 11.1 Å². The Bertz CT molecular complexity index is 336. The summed E-state index contributed by atoms with van der Waals surface area (Å²) in [5.41, 5.74) is 2.53. The maximum absolute atomic E-state index is 6.07. The van der Waals surface area contributed by atoms with Crippen LogP contribution in [0.2, 0.25) is 5.02 Å². The molecule has 2 heteroatoms. The van der Waals surface area contributed by atoms with Crippen molar-refractivity contribution in [3.63, 3.8) is 0 Å². The molecule has 0 heterocycles. The average molecular weight is 254 g/mol. The largest absolute Gasteiger partial charge is 0.310 e. The molecule has 0 saturated carbocycles. The second kappa shape index (κ2) is 7.73. The van der Waals surface area contributed by atoms with Crippen molar-refractivity contribution in [2.45, 2.75) is 52.5 Å². The smallest absolute Gasteiger partial charge is 0.0435 e. The van der Waals surface area contributed by atoms with Crippen molar-refractivity contribution in [2.75, 3.05) is 6.54 Å². The molecule has 0 bridgehead atoms. The van der Waals surface area contributed by atoms with E-state index in [1.165, 1.54) is 36.8 Å². The fourth-order valence-electron chi connectivity index (χ4n) is 2.12. The van der Waals surface area contributed by atoms with Gasteiger partial charge in [-0.3, -0.25) is 0 Å². The van der Waals surface area contributed by atoms with Crippen LogP contribution in [0.3, 0.4) is 0 Å². The Balaban J connectivity index is 2.70. The van der Waals surface area contributed by atoms with E-state index in [0.717, 1.165) is 11.6 Å². The molecule has 1 aromatic rings. The number of halogens is 1. The standard InChI is InChI=1S/C15H24ClN/c1-4-6-7-8-15(17-5-2)13-9-10-14(16)12(3)11-13/h9-11,15,17H,4-8H2,1-3H3. The van der Waals surface area contributed by atoms with Gasteiger partial charge in [-0.2, -0.15) is 0 Å². The molecule has 1 N–H and O–H groups in total. The Morgan fingerprint density at radius 2 is 2.00 bits per heavy atom. The molecule has 1 rings (SSSR count). The number of hydrogen-bond acceptors (Lipinski definition) is 1. The van der Waals surface area contributed by atoms with Crippen molar-refractivity contribution in [3.8, 4) is 0 Å². The van der Waals surface area contributed by atoms with Crippen LogP contribution in [0.15, 0.2) is 18.2 Å². The van der Waals surface area contributed by atoms with Crippen molar-refractivity contribution < 1.29 is 0 Å². The molecule has 0 aliphatic heterocycles. The Kier molecular flexibility index (Phi) is 6.61. The Morgan fingerprint density at radius 3 is 2.59 bits per heavy atom. The second-order valence-corrected chi connectivity index (χ2v) is 5.02. The maximum Gasteiger partial charge on any atom is 0.0435 e. The molecule has 1 aromatic carbocycles. The molecule has 0 radical (unpaired) electrons. The highest BCUT2D eigenvalue weighted by Crippen LogP contribution is 2.24. The summed E-state index contributed by atoms with van der Waals surface area (Å²) in [5.74, 6) is 0. The molecule has 0 spiro atoms. The minimum atomic E-state index is 0.475. The third kappa shape index (κ3) is 4.69. The third-order valence-electron chi connectivity index (χ3n) is 3.13. The van der Waals surface area contributed by atoms with E-state index >= 15 is 0 Å². The predicted molar refractivity (Wildman–Crippen MR) is 76.7 cm³/mol. The first kappa shape index (κ1) is 14.5. The van der Waals surface area contributed by atoms with E-state index in [-0.39, 0.29) is 0 Å². The molecule has 17 heavy (non-hydrogen) atoms. The number of rotatable bonds is 7. The zero-order valence-corrected chi connectivity index (χ0v) is 12.0. The lowest BCUT2D eigenvalue weighted by Gasteiger charge is -2.19. The summed E-state index contributed by atoms with van der Waals surface area (Å²) in [6.07, 6.45) is 5.09. The zero-order chi connectivity index (χ0) is 12.7. The van der Waals surface area contributed by atoms with E-state index in [1.54, 1.807) is 0 Å². The minimum absolute atomic E-state index is 0.475. The van der Waals surface area contributed by atoms with E-state index < -0.39 is 0 Å².